The second-order valence-corrected chi connectivity index (χ2v) is 7.31. The highest BCUT2D eigenvalue weighted by Gasteiger charge is 2.15. The topological polar surface area (TPSA) is 81.7 Å². The second-order valence-electron chi connectivity index (χ2n) is 7.31. The lowest BCUT2D eigenvalue weighted by Crippen LogP contribution is -2.37. The van der Waals surface area contributed by atoms with Gasteiger partial charge < -0.3 is 10.2 Å². The second kappa shape index (κ2) is 13.2. The van der Waals surface area contributed by atoms with Crippen LogP contribution in [-0.4, -0.2) is 43.0 Å². The third-order valence-corrected chi connectivity index (χ3v) is 4.73. The van der Waals surface area contributed by atoms with Crippen LogP contribution < -0.4 is 10.8 Å². The minimum absolute atomic E-state index is 0.202. The molecule has 3 amide bonds. The van der Waals surface area contributed by atoms with Crippen LogP contribution in [0.4, 0.5) is 10.5 Å². The highest BCUT2D eigenvalue weighted by molar-refractivity contribution is 6.08. The largest absolute Gasteiger partial charge is 0.322 e. The van der Waals surface area contributed by atoms with Crippen LogP contribution in [0.3, 0.4) is 0 Å². The normalized spacial score (nSPS) is 12.3. The molecule has 0 fully saturated rings. The summed E-state index contributed by atoms with van der Waals surface area (Å²) in [6.07, 6.45) is 8.02. The summed E-state index contributed by atoms with van der Waals surface area (Å²) < 4.78 is 0. The first-order valence-electron chi connectivity index (χ1n) is 10.1. The van der Waals surface area contributed by atoms with Gasteiger partial charge in [0.15, 0.2) is 0 Å². The van der Waals surface area contributed by atoms with Gasteiger partial charge in [-0.2, -0.15) is 0 Å². The zero-order valence-electron chi connectivity index (χ0n) is 18.1. The van der Waals surface area contributed by atoms with Crippen LogP contribution in [0.2, 0.25) is 6.32 Å². The van der Waals surface area contributed by atoms with Crippen molar-refractivity contribution in [1.29, 1.82) is 0 Å². The van der Waals surface area contributed by atoms with E-state index < -0.39 is 5.91 Å². The SMILES string of the molecule is BCC(C)CCN(CC(=C)/C=C\C(=C/C=C)C(=O)NO)C(=O)Nc1ccc(C)cc1. The van der Waals surface area contributed by atoms with Crippen molar-refractivity contribution in [2.24, 2.45) is 5.92 Å². The molecule has 1 rings (SSSR count). The van der Waals surface area contributed by atoms with E-state index in [9.17, 15) is 9.59 Å². The Morgan fingerprint density at radius 2 is 1.93 bits per heavy atom. The van der Waals surface area contributed by atoms with Gasteiger partial charge in [-0.3, -0.25) is 10.0 Å². The lowest BCUT2D eigenvalue weighted by molar-refractivity contribution is -0.124. The van der Waals surface area contributed by atoms with Crippen molar-refractivity contribution in [1.82, 2.24) is 10.4 Å². The lowest BCUT2D eigenvalue weighted by Gasteiger charge is -2.25. The van der Waals surface area contributed by atoms with Crippen LogP contribution in [0.15, 0.2) is 72.9 Å². The Kier molecular flexibility index (Phi) is 11.0. The van der Waals surface area contributed by atoms with Gasteiger partial charge in [0.1, 0.15) is 7.85 Å². The smallest absolute Gasteiger partial charge is 0.320 e. The summed E-state index contributed by atoms with van der Waals surface area (Å²) in [5, 5.41) is 11.8. The van der Waals surface area contributed by atoms with Gasteiger partial charge in [0.05, 0.1) is 0 Å². The summed E-state index contributed by atoms with van der Waals surface area (Å²) >= 11 is 0. The maximum Gasteiger partial charge on any atom is 0.322 e. The Morgan fingerprint density at radius 1 is 1.27 bits per heavy atom. The molecule has 0 aliphatic rings. The van der Waals surface area contributed by atoms with Crippen molar-refractivity contribution in [3.63, 3.8) is 0 Å². The van der Waals surface area contributed by atoms with Crippen molar-refractivity contribution in [2.75, 3.05) is 18.4 Å². The molecule has 0 radical (unpaired) electrons. The van der Waals surface area contributed by atoms with Gasteiger partial charge in [0.2, 0.25) is 0 Å². The van der Waals surface area contributed by atoms with Gasteiger partial charge in [-0.25, -0.2) is 10.3 Å². The third kappa shape index (κ3) is 8.96. The van der Waals surface area contributed by atoms with E-state index in [2.05, 4.69) is 33.2 Å². The number of carbonyl (C=O) groups excluding carboxylic acids is 2. The molecule has 1 aromatic carbocycles. The van der Waals surface area contributed by atoms with E-state index >= 15 is 0 Å². The fourth-order valence-electron chi connectivity index (χ4n) is 2.58. The van der Waals surface area contributed by atoms with Crippen molar-refractivity contribution < 1.29 is 14.8 Å². The number of amides is 3. The van der Waals surface area contributed by atoms with E-state index in [1.807, 2.05) is 31.2 Å². The highest BCUT2D eigenvalue weighted by atomic mass is 16.5. The molecule has 0 saturated carbocycles. The Labute approximate surface area is 180 Å². The molecule has 160 valence electrons. The van der Waals surface area contributed by atoms with Crippen LogP contribution in [0.5, 0.6) is 0 Å². The first-order valence-corrected chi connectivity index (χ1v) is 10.1. The number of carbonyl (C=O) groups is 2. The molecule has 7 heteroatoms. The molecule has 30 heavy (non-hydrogen) atoms. The molecule has 1 atom stereocenters. The van der Waals surface area contributed by atoms with Crippen molar-refractivity contribution in [2.45, 2.75) is 26.6 Å². The van der Waals surface area contributed by atoms with Gasteiger partial charge in [-0.1, -0.05) is 56.3 Å². The fourth-order valence-corrected chi connectivity index (χ4v) is 2.58. The van der Waals surface area contributed by atoms with Gasteiger partial charge in [-0.15, -0.1) is 0 Å². The predicted molar refractivity (Wildman–Crippen MR) is 125 cm³/mol. The number of hydrogen-bond donors (Lipinski definition) is 3. The molecular formula is C23H32BN3O3. The van der Waals surface area contributed by atoms with Crippen LogP contribution in [0.25, 0.3) is 0 Å². The first-order chi connectivity index (χ1) is 14.3. The molecule has 3 N–H and O–H groups in total. The summed E-state index contributed by atoms with van der Waals surface area (Å²) in [6, 6.07) is 7.43. The number of rotatable bonds is 11. The van der Waals surface area contributed by atoms with Crippen molar-refractivity contribution >= 4 is 25.5 Å². The number of hydrogen-bond acceptors (Lipinski definition) is 3. The van der Waals surface area contributed by atoms with Crippen molar-refractivity contribution in [3.05, 3.63) is 78.4 Å². The highest BCUT2D eigenvalue weighted by Crippen LogP contribution is 2.13. The van der Waals surface area contributed by atoms with Crippen LogP contribution in [0, 0.1) is 12.8 Å². The molecule has 0 aromatic heterocycles. The van der Waals surface area contributed by atoms with E-state index in [1.54, 1.807) is 16.5 Å². The molecule has 1 aromatic rings. The van der Waals surface area contributed by atoms with E-state index in [1.165, 1.54) is 18.2 Å². The molecule has 0 bridgehead atoms. The summed E-state index contributed by atoms with van der Waals surface area (Å²) in [5.41, 5.74) is 4.32. The Balaban J connectivity index is 2.89. The molecule has 0 aliphatic carbocycles. The third-order valence-electron chi connectivity index (χ3n) is 4.73. The summed E-state index contributed by atoms with van der Waals surface area (Å²) in [4.78, 5) is 26.2. The Morgan fingerprint density at radius 3 is 2.50 bits per heavy atom. The Hall–Kier alpha value is -3.06. The molecule has 0 aliphatic heterocycles. The summed E-state index contributed by atoms with van der Waals surface area (Å²) in [7, 11) is 2.13. The van der Waals surface area contributed by atoms with Crippen LogP contribution in [0.1, 0.15) is 18.9 Å². The monoisotopic (exact) mass is 409 g/mol. The zero-order chi connectivity index (χ0) is 22.5. The molecule has 0 spiro atoms. The zero-order valence-corrected chi connectivity index (χ0v) is 18.1. The first kappa shape index (κ1) is 25.0. The minimum atomic E-state index is -0.648. The van der Waals surface area contributed by atoms with E-state index in [0.717, 1.165) is 24.0 Å². The number of urea groups is 1. The van der Waals surface area contributed by atoms with Gasteiger partial charge in [-0.05, 0) is 49.1 Å². The van der Waals surface area contributed by atoms with E-state index in [0.29, 0.717) is 24.6 Å². The molecular weight excluding hydrogens is 377 g/mol. The lowest BCUT2D eigenvalue weighted by atomic mass is 9.90. The fraction of sp³-hybridized carbons (Fsp3) is 0.304. The van der Waals surface area contributed by atoms with Crippen LogP contribution in [-0.2, 0) is 4.79 Å². The number of hydroxylamine groups is 1. The number of nitrogens with one attached hydrogen (secondary N) is 2. The number of allylic oxidation sites excluding steroid dienone is 2. The number of anilines is 1. The molecule has 6 nitrogen and oxygen atoms in total. The number of benzene rings is 1. The standard InChI is InChI=1S/C23H32BN3O3/c1-5-6-20(22(28)26-30)10-7-19(4)16-27(14-13-18(3)15-24)23(29)25-21-11-8-17(2)9-12-21/h5-12,18,30H,1,4,13-16,24H2,2-3H3,(H,25,29)(H,26,28)/b10-7-,20-6+. The molecule has 0 saturated heterocycles. The molecule has 0 heterocycles. The number of nitrogens with zero attached hydrogens (tertiary/aromatic N) is 1. The summed E-state index contributed by atoms with van der Waals surface area (Å²) in [5.74, 6) is -0.149. The maximum absolute atomic E-state index is 12.9. The number of aryl methyl sites for hydroxylation is 1. The minimum Gasteiger partial charge on any atom is -0.320 e. The van der Waals surface area contributed by atoms with Crippen molar-refractivity contribution in [3.8, 4) is 0 Å². The maximum atomic E-state index is 12.9. The predicted octanol–water partition coefficient (Wildman–Crippen LogP) is 3.64. The van der Waals surface area contributed by atoms with E-state index in [-0.39, 0.29) is 11.6 Å². The summed E-state index contributed by atoms with van der Waals surface area (Å²) in [6.45, 7) is 12.6. The average Bonchev–Trinajstić information content (AvgIpc) is 2.74. The van der Waals surface area contributed by atoms with Gasteiger partial charge in [0.25, 0.3) is 5.91 Å². The Bertz CT molecular complexity index is 800. The quantitative estimate of drug-likeness (QED) is 0.172. The average molecular weight is 409 g/mol. The molecule has 1 unspecified atom stereocenters. The van der Waals surface area contributed by atoms with Crippen LogP contribution >= 0.6 is 0 Å². The van der Waals surface area contributed by atoms with E-state index in [4.69, 9.17) is 5.21 Å². The van der Waals surface area contributed by atoms with Gasteiger partial charge in [0, 0.05) is 24.4 Å². The van der Waals surface area contributed by atoms with Gasteiger partial charge >= 0.3 is 6.03 Å².